The molecule has 0 aromatic carbocycles. The van der Waals surface area contributed by atoms with Crippen LogP contribution in [-0.4, -0.2) is 52.7 Å². The maximum Gasteiger partial charge on any atom is 0.348 e. The summed E-state index contributed by atoms with van der Waals surface area (Å²) >= 11 is 1.22. The Kier molecular flexibility index (Phi) is 5.45. The largest absolute Gasteiger partial charge is 0.462 e. The predicted molar refractivity (Wildman–Crippen MR) is 101 cm³/mol. The molecule has 0 amide bonds. The maximum absolute atomic E-state index is 12.6. The van der Waals surface area contributed by atoms with Crippen molar-refractivity contribution in [1.82, 2.24) is 14.9 Å². The van der Waals surface area contributed by atoms with E-state index >= 15 is 0 Å². The zero-order chi connectivity index (χ0) is 19.0. The van der Waals surface area contributed by atoms with Crippen LogP contribution in [0.4, 0.5) is 0 Å². The zero-order valence-electron chi connectivity index (χ0n) is 15.8. The first kappa shape index (κ1) is 19.0. The number of ether oxygens (including phenoxy) is 2. The van der Waals surface area contributed by atoms with Crippen molar-refractivity contribution < 1.29 is 14.3 Å². The van der Waals surface area contributed by atoms with Crippen molar-refractivity contribution in [3.05, 3.63) is 26.6 Å². The molecule has 0 unspecified atom stereocenters. The summed E-state index contributed by atoms with van der Waals surface area (Å²) in [4.78, 5) is 35.6. The Hall–Kier alpha value is -1.77. The van der Waals surface area contributed by atoms with Crippen LogP contribution in [0, 0.1) is 6.92 Å². The van der Waals surface area contributed by atoms with Crippen LogP contribution < -0.4 is 5.56 Å². The molecule has 1 fully saturated rings. The summed E-state index contributed by atoms with van der Waals surface area (Å²) in [5.74, 6) is 0.207. The number of carbonyl (C=O) groups excluding carboxylic acids is 1. The molecule has 1 aliphatic rings. The first-order valence-electron chi connectivity index (χ1n) is 8.91. The van der Waals surface area contributed by atoms with Crippen molar-refractivity contribution >= 4 is 27.5 Å². The van der Waals surface area contributed by atoms with Gasteiger partial charge in [-0.15, -0.1) is 11.3 Å². The van der Waals surface area contributed by atoms with Gasteiger partial charge in [0.25, 0.3) is 5.56 Å². The summed E-state index contributed by atoms with van der Waals surface area (Å²) in [6, 6.07) is -0.0469. The van der Waals surface area contributed by atoms with Gasteiger partial charge in [0.05, 0.1) is 30.2 Å². The predicted octanol–water partition coefficient (Wildman–Crippen LogP) is 2.64. The van der Waals surface area contributed by atoms with E-state index in [1.807, 2.05) is 20.8 Å². The standard InChI is InChI=1S/C18H25N3O4S/c1-6-24-18(23)14-11(4)13-16(22)19-15(20-17(13)26-14)12(5)21-7-9(2)25-10(3)8-21/h9-10,12H,6-8H2,1-5H3,(H,19,20,22)/t9-,10-,12-/m1/s1. The lowest BCUT2D eigenvalue weighted by Gasteiger charge is -2.38. The lowest BCUT2D eigenvalue weighted by molar-refractivity contribution is -0.0797. The molecule has 2 aromatic rings. The van der Waals surface area contributed by atoms with E-state index < -0.39 is 5.97 Å². The normalized spacial score (nSPS) is 22.5. The number of nitrogens with zero attached hydrogens (tertiary/aromatic N) is 2. The highest BCUT2D eigenvalue weighted by Crippen LogP contribution is 2.29. The number of esters is 1. The average Bonchev–Trinajstić information content (AvgIpc) is 2.90. The first-order chi connectivity index (χ1) is 12.3. The fourth-order valence-electron chi connectivity index (χ4n) is 3.46. The number of H-pyrrole nitrogens is 1. The van der Waals surface area contributed by atoms with E-state index in [4.69, 9.17) is 9.47 Å². The van der Waals surface area contributed by atoms with E-state index in [2.05, 4.69) is 14.9 Å². The number of hydrogen-bond donors (Lipinski definition) is 1. The van der Waals surface area contributed by atoms with Gasteiger partial charge >= 0.3 is 5.97 Å². The Morgan fingerprint density at radius 3 is 2.69 bits per heavy atom. The highest BCUT2D eigenvalue weighted by molar-refractivity contribution is 7.20. The van der Waals surface area contributed by atoms with Crippen LogP contribution in [0.1, 0.15) is 54.8 Å². The molecule has 1 aliphatic heterocycles. The Morgan fingerprint density at radius 2 is 2.08 bits per heavy atom. The Balaban J connectivity index is 1.98. The van der Waals surface area contributed by atoms with E-state index in [9.17, 15) is 9.59 Å². The van der Waals surface area contributed by atoms with Gasteiger partial charge in [-0.3, -0.25) is 9.69 Å². The van der Waals surface area contributed by atoms with Gasteiger partial charge < -0.3 is 14.5 Å². The molecule has 0 saturated carbocycles. The van der Waals surface area contributed by atoms with Crippen molar-refractivity contribution in [2.75, 3.05) is 19.7 Å². The van der Waals surface area contributed by atoms with Gasteiger partial charge in [-0.05, 0) is 40.2 Å². The Bertz CT molecular complexity index is 865. The molecule has 1 N–H and O–H groups in total. The van der Waals surface area contributed by atoms with Gasteiger partial charge in [0.2, 0.25) is 0 Å². The highest BCUT2D eigenvalue weighted by Gasteiger charge is 2.28. The molecule has 2 aromatic heterocycles. The number of hydrogen-bond acceptors (Lipinski definition) is 7. The Labute approximate surface area is 156 Å². The summed E-state index contributed by atoms with van der Waals surface area (Å²) in [7, 11) is 0. The molecule has 1 saturated heterocycles. The summed E-state index contributed by atoms with van der Waals surface area (Å²) in [6.45, 7) is 11.5. The summed E-state index contributed by atoms with van der Waals surface area (Å²) in [5.41, 5.74) is 0.417. The smallest absolute Gasteiger partial charge is 0.348 e. The number of carbonyl (C=O) groups is 1. The molecule has 3 rings (SSSR count). The van der Waals surface area contributed by atoms with Crippen molar-refractivity contribution in [2.45, 2.75) is 52.9 Å². The molecule has 3 atom stereocenters. The molecule has 7 nitrogen and oxygen atoms in total. The molecule has 0 bridgehead atoms. The van der Waals surface area contributed by atoms with Crippen molar-refractivity contribution in [3.63, 3.8) is 0 Å². The first-order valence-corrected chi connectivity index (χ1v) is 9.73. The van der Waals surface area contributed by atoms with E-state index in [1.165, 1.54) is 11.3 Å². The van der Waals surface area contributed by atoms with Gasteiger partial charge in [-0.2, -0.15) is 0 Å². The quantitative estimate of drug-likeness (QED) is 0.822. The van der Waals surface area contributed by atoms with Crippen LogP contribution in [0.5, 0.6) is 0 Å². The number of aryl methyl sites for hydroxylation is 1. The minimum absolute atomic E-state index is 0.0469. The summed E-state index contributed by atoms with van der Waals surface area (Å²) < 4.78 is 10.9. The van der Waals surface area contributed by atoms with E-state index in [0.29, 0.717) is 33.1 Å². The zero-order valence-corrected chi connectivity index (χ0v) is 16.6. The second-order valence-corrected chi connectivity index (χ2v) is 7.79. The minimum atomic E-state index is -0.405. The second-order valence-electron chi connectivity index (χ2n) is 6.80. The van der Waals surface area contributed by atoms with E-state index in [1.54, 1.807) is 13.8 Å². The molecule has 142 valence electrons. The molecule has 8 heteroatoms. The lowest BCUT2D eigenvalue weighted by Crippen LogP contribution is -2.46. The number of morpholine rings is 1. The van der Waals surface area contributed by atoms with Crippen molar-refractivity contribution in [3.8, 4) is 0 Å². The number of rotatable bonds is 4. The SMILES string of the molecule is CCOC(=O)c1sc2nc([C@@H](C)N3C[C@@H](C)O[C@H](C)C3)[nH]c(=O)c2c1C. The van der Waals surface area contributed by atoms with Crippen molar-refractivity contribution in [1.29, 1.82) is 0 Å². The minimum Gasteiger partial charge on any atom is -0.462 e. The third-order valence-corrected chi connectivity index (χ3v) is 5.84. The lowest BCUT2D eigenvalue weighted by atomic mass is 10.1. The second kappa shape index (κ2) is 7.46. The number of fused-ring (bicyclic) bond motifs is 1. The van der Waals surface area contributed by atoms with E-state index in [-0.39, 0.29) is 23.8 Å². The average molecular weight is 379 g/mol. The van der Waals surface area contributed by atoms with Crippen molar-refractivity contribution in [2.24, 2.45) is 0 Å². The van der Waals surface area contributed by atoms with Gasteiger partial charge in [-0.25, -0.2) is 9.78 Å². The van der Waals surface area contributed by atoms with Crippen LogP contribution in [0.2, 0.25) is 0 Å². The fourth-order valence-corrected chi connectivity index (χ4v) is 4.54. The van der Waals surface area contributed by atoms with Crippen LogP contribution >= 0.6 is 11.3 Å². The number of thiophene rings is 1. The molecule has 3 heterocycles. The molecule has 0 spiro atoms. The number of aromatic nitrogens is 2. The molecule has 0 radical (unpaired) electrons. The Morgan fingerprint density at radius 1 is 1.42 bits per heavy atom. The third kappa shape index (κ3) is 3.54. The summed E-state index contributed by atoms with van der Waals surface area (Å²) in [5, 5.41) is 0.470. The van der Waals surface area contributed by atoms with Gasteiger partial charge in [0, 0.05) is 13.1 Å². The van der Waals surface area contributed by atoms with Crippen LogP contribution in [0.3, 0.4) is 0 Å². The van der Waals surface area contributed by atoms with Gasteiger partial charge in [0.1, 0.15) is 15.5 Å². The summed E-state index contributed by atoms with van der Waals surface area (Å²) in [6.07, 6.45) is 0.270. The van der Waals surface area contributed by atoms with Crippen LogP contribution in [0.25, 0.3) is 10.2 Å². The third-order valence-electron chi connectivity index (χ3n) is 4.67. The van der Waals surface area contributed by atoms with Crippen LogP contribution in [0.15, 0.2) is 4.79 Å². The molecular weight excluding hydrogens is 354 g/mol. The molecule has 0 aliphatic carbocycles. The van der Waals surface area contributed by atoms with E-state index in [0.717, 1.165) is 13.1 Å². The topological polar surface area (TPSA) is 84.5 Å². The fraction of sp³-hybridized carbons (Fsp3) is 0.611. The van der Waals surface area contributed by atoms with Gasteiger partial charge in [-0.1, -0.05) is 0 Å². The molecular formula is C18H25N3O4S. The molecule has 26 heavy (non-hydrogen) atoms. The maximum atomic E-state index is 12.6. The van der Waals surface area contributed by atoms with Gasteiger partial charge in [0.15, 0.2) is 0 Å². The number of aromatic amines is 1. The number of nitrogens with one attached hydrogen (secondary N) is 1. The monoisotopic (exact) mass is 379 g/mol. The highest BCUT2D eigenvalue weighted by atomic mass is 32.1. The van der Waals surface area contributed by atoms with Crippen LogP contribution in [-0.2, 0) is 9.47 Å².